The number of rotatable bonds is 3. The van der Waals surface area contributed by atoms with E-state index in [1.807, 2.05) is 18.2 Å². The van der Waals surface area contributed by atoms with Crippen molar-refractivity contribution in [1.82, 2.24) is 4.90 Å². The molecular formula is C19H18F4N2O. The maximum atomic E-state index is 13.8. The van der Waals surface area contributed by atoms with Gasteiger partial charge < -0.3 is 10.2 Å². The third-order valence-corrected chi connectivity index (χ3v) is 4.51. The van der Waals surface area contributed by atoms with Gasteiger partial charge in [0, 0.05) is 30.9 Å². The second-order valence-electron chi connectivity index (χ2n) is 6.18. The van der Waals surface area contributed by atoms with Crippen molar-refractivity contribution in [3.63, 3.8) is 0 Å². The number of fused-ring (bicyclic) bond motifs is 1. The zero-order chi connectivity index (χ0) is 18.7. The molecule has 0 atom stereocenters. The molecular weight excluding hydrogens is 348 g/mol. The third kappa shape index (κ3) is 3.98. The summed E-state index contributed by atoms with van der Waals surface area (Å²) in [6.07, 6.45) is -4.19. The summed E-state index contributed by atoms with van der Waals surface area (Å²) >= 11 is 0. The van der Waals surface area contributed by atoms with Gasteiger partial charge in [-0.25, -0.2) is 4.39 Å². The van der Waals surface area contributed by atoms with E-state index in [0.717, 1.165) is 21.7 Å². The first-order valence-corrected chi connectivity index (χ1v) is 8.30. The summed E-state index contributed by atoms with van der Waals surface area (Å²) < 4.78 is 51.8. The van der Waals surface area contributed by atoms with Crippen LogP contribution in [-0.4, -0.2) is 30.1 Å². The van der Waals surface area contributed by atoms with E-state index in [4.69, 9.17) is 0 Å². The summed E-state index contributed by atoms with van der Waals surface area (Å²) in [5.74, 6) is -2.12. The van der Waals surface area contributed by atoms with Crippen LogP contribution in [0.1, 0.15) is 16.7 Å². The summed E-state index contributed by atoms with van der Waals surface area (Å²) in [6.45, 7) is 0.306. The van der Waals surface area contributed by atoms with Gasteiger partial charge in [0.2, 0.25) is 0 Å². The van der Waals surface area contributed by atoms with Crippen LogP contribution in [0.5, 0.6) is 0 Å². The molecule has 0 fully saturated rings. The summed E-state index contributed by atoms with van der Waals surface area (Å²) in [5.41, 5.74) is 3.04. The number of carbonyl (C=O) groups excluding carboxylic acids is 1. The maximum absolute atomic E-state index is 13.8. The van der Waals surface area contributed by atoms with Crippen molar-refractivity contribution in [3.8, 4) is 0 Å². The Kier molecular flexibility index (Phi) is 5.15. The number of nitrogens with one attached hydrogen (secondary N) is 1. The molecule has 0 radical (unpaired) electrons. The highest BCUT2D eigenvalue weighted by Crippen LogP contribution is 2.27. The molecule has 0 aliphatic carbocycles. The van der Waals surface area contributed by atoms with Crippen LogP contribution in [0.15, 0.2) is 42.5 Å². The average molecular weight is 366 g/mol. The van der Waals surface area contributed by atoms with Crippen molar-refractivity contribution in [2.75, 3.05) is 18.4 Å². The molecule has 0 unspecified atom stereocenters. The second kappa shape index (κ2) is 7.35. The Morgan fingerprint density at radius 2 is 1.77 bits per heavy atom. The Labute approximate surface area is 148 Å². The van der Waals surface area contributed by atoms with E-state index in [1.54, 1.807) is 18.2 Å². The normalized spacial score (nSPS) is 14.5. The van der Waals surface area contributed by atoms with E-state index < -0.39 is 12.1 Å². The zero-order valence-corrected chi connectivity index (χ0v) is 13.9. The number of hydrogen-bond donors (Lipinski definition) is 1. The molecule has 2 aromatic carbocycles. The lowest BCUT2D eigenvalue weighted by Crippen LogP contribution is -2.42. The molecule has 0 saturated heterocycles. The average Bonchev–Trinajstić information content (AvgIpc) is 2.82. The van der Waals surface area contributed by atoms with E-state index in [0.29, 0.717) is 18.4 Å². The summed E-state index contributed by atoms with van der Waals surface area (Å²) in [6, 6.07) is 11.9. The van der Waals surface area contributed by atoms with E-state index in [-0.39, 0.29) is 25.5 Å². The van der Waals surface area contributed by atoms with Crippen LogP contribution in [0.3, 0.4) is 0 Å². The van der Waals surface area contributed by atoms with Gasteiger partial charge in [0.1, 0.15) is 5.82 Å². The van der Waals surface area contributed by atoms with Crippen LogP contribution in [0.25, 0.3) is 0 Å². The lowest BCUT2D eigenvalue weighted by Gasteiger charge is -2.21. The maximum Gasteiger partial charge on any atom is 0.471 e. The van der Waals surface area contributed by atoms with Gasteiger partial charge in [-0.3, -0.25) is 4.79 Å². The Morgan fingerprint density at radius 3 is 2.50 bits per heavy atom. The first kappa shape index (κ1) is 18.2. The standard InChI is InChI=1S/C19H18F4N2O/c20-16-6-2-1-4-14(16)12-24-17-7-3-5-13-8-10-25(11-9-15(13)17)18(26)19(21,22)23/h1-7,24H,8-12H2. The van der Waals surface area contributed by atoms with Gasteiger partial charge in [0.05, 0.1) is 0 Å². The van der Waals surface area contributed by atoms with Crippen molar-refractivity contribution in [2.45, 2.75) is 25.6 Å². The Balaban J connectivity index is 1.75. The summed E-state index contributed by atoms with van der Waals surface area (Å²) in [5, 5.41) is 3.17. The Morgan fingerprint density at radius 1 is 1.04 bits per heavy atom. The molecule has 3 rings (SSSR count). The van der Waals surface area contributed by atoms with Gasteiger partial charge in [0.25, 0.3) is 0 Å². The molecule has 26 heavy (non-hydrogen) atoms. The van der Waals surface area contributed by atoms with Gasteiger partial charge in [-0.1, -0.05) is 30.3 Å². The quantitative estimate of drug-likeness (QED) is 0.835. The van der Waals surface area contributed by atoms with Crippen molar-refractivity contribution in [1.29, 1.82) is 0 Å². The van der Waals surface area contributed by atoms with Crippen LogP contribution < -0.4 is 5.32 Å². The number of hydrogen-bond acceptors (Lipinski definition) is 2. The lowest BCUT2D eigenvalue weighted by molar-refractivity contribution is -0.185. The molecule has 0 aromatic heterocycles. The summed E-state index contributed by atoms with van der Waals surface area (Å²) in [7, 11) is 0. The molecule has 1 aliphatic heterocycles. The monoisotopic (exact) mass is 366 g/mol. The number of alkyl halides is 3. The van der Waals surface area contributed by atoms with E-state index in [9.17, 15) is 22.4 Å². The highest BCUT2D eigenvalue weighted by Gasteiger charge is 2.42. The third-order valence-electron chi connectivity index (χ3n) is 4.51. The highest BCUT2D eigenvalue weighted by molar-refractivity contribution is 5.82. The number of benzene rings is 2. The minimum Gasteiger partial charge on any atom is -0.381 e. The zero-order valence-electron chi connectivity index (χ0n) is 13.9. The molecule has 1 N–H and O–H groups in total. The molecule has 0 saturated carbocycles. The first-order valence-electron chi connectivity index (χ1n) is 8.30. The van der Waals surface area contributed by atoms with Gasteiger partial charge in [-0.05, 0) is 36.1 Å². The van der Waals surface area contributed by atoms with E-state index >= 15 is 0 Å². The molecule has 1 heterocycles. The Bertz CT molecular complexity index is 804. The molecule has 0 spiro atoms. The van der Waals surface area contributed by atoms with Crippen molar-refractivity contribution in [3.05, 3.63) is 65.0 Å². The second-order valence-corrected chi connectivity index (χ2v) is 6.18. The van der Waals surface area contributed by atoms with Gasteiger partial charge >= 0.3 is 12.1 Å². The largest absolute Gasteiger partial charge is 0.471 e. The van der Waals surface area contributed by atoms with Gasteiger partial charge in [-0.15, -0.1) is 0 Å². The minimum atomic E-state index is -4.86. The molecule has 0 bridgehead atoms. The number of nitrogens with zero attached hydrogens (tertiary/aromatic N) is 1. The van der Waals surface area contributed by atoms with Crippen molar-refractivity contribution < 1.29 is 22.4 Å². The lowest BCUT2D eigenvalue weighted by atomic mass is 10.0. The van der Waals surface area contributed by atoms with Gasteiger partial charge in [-0.2, -0.15) is 13.2 Å². The van der Waals surface area contributed by atoms with Crippen molar-refractivity contribution in [2.24, 2.45) is 0 Å². The van der Waals surface area contributed by atoms with E-state index in [2.05, 4.69) is 5.32 Å². The SMILES string of the molecule is O=C(N1CCc2cccc(NCc3ccccc3F)c2CC1)C(F)(F)F. The fourth-order valence-electron chi connectivity index (χ4n) is 3.16. The number of anilines is 1. The molecule has 1 amide bonds. The van der Waals surface area contributed by atoms with E-state index in [1.165, 1.54) is 6.07 Å². The van der Waals surface area contributed by atoms with Crippen LogP contribution in [-0.2, 0) is 24.2 Å². The summed E-state index contributed by atoms with van der Waals surface area (Å²) in [4.78, 5) is 12.3. The molecule has 138 valence electrons. The number of carbonyl (C=O) groups is 1. The number of amides is 1. The minimum absolute atomic E-state index is 0.00371. The predicted octanol–water partition coefficient (Wildman–Crippen LogP) is 3.93. The smallest absolute Gasteiger partial charge is 0.381 e. The molecule has 7 heteroatoms. The molecule has 1 aliphatic rings. The van der Waals surface area contributed by atoms with Gasteiger partial charge in [0.15, 0.2) is 0 Å². The first-order chi connectivity index (χ1) is 12.4. The fraction of sp³-hybridized carbons (Fsp3) is 0.316. The Hall–Kier alpha value is -2.57. The van der Waals surface area contributed by atoms with Crippen LogP contribution >= 0.6 is 0 Å². The number of halogens is 4. The highest BCUT2D eigenvalue weighted by atomic mass is 19.4. The van der Waals surface area contributed by atoms with Crippen LogP contribution in [0.2, 0.25) is 0 Å². The van der Waals surface area contributed by atoms with Crippen molar-refractivity contribution >= 4 is 11.6 Å². The topological polar surface area (TPSA) is 32.3 Å². The van der Waals surface area contributed by atoms with Crippen LogP contribution in [0, 0.1) is 5.82 Å². The van der Waals surface area contributed by atoms with Crippen LogP contribution in [0.4, 0.5) is 23.2 Å². The molecule has 3 nitrogen and oxygen atoms in total. The predicted molar refractivity (Wildman–Crippen MR) is 90.2 cm³/mol. The fourth-order valence-corrected chi connectivity index (χ4v) is 3.16. The molecule has 2 aromatic rings.